The molecule has 2 aromatic rings. The molecule has 10 heteroatoms. The van der Waals surface area contributed by atoms with Crippen molar-refractivity contribution in [1.29, 1.82) is 0 Å². The molecule has 1 N–H and O–H groups in total. The molecule has 1 heterocycles. The largest absolute Gasteiger partial charge is 0.481 e. The summed E-state index contributed by atoms with van der Waals surface area (Å²) in [5.41, 5.74) is 1.36. The number of hydrogen-bond donors (Lipinski definition) is 1. The summed E-state index contributed by atoms with van der Waals surface area (Å²) in [6.07, 6.45) is -1.02. The molecule has 7 nitrogen and oxygen atoms in total. The van der Waals surface area contributed by atoms with Gasteiger partial charge in [-0.1, -0.05) is 47.5 Å². The fourth-order valence-corrected chi connectivity index (χ4v) is 6.47. The molecule has 4 rings (SSSR count). The smallest absolute Gasteiger partial charge is 0.306 e. The van der Waals surface area contributed by atoms with Crippen molar-refractivity contribution < 1.29 is 27.9 Å². The number of amides is 1. The predicted molar refractivity (Wildman–Crippen MR) is 142 cm³/mol. The molecule has 37 heavy (non-hydrogen) atoms. The number of halogens is 2. The Bertz CT molecular complexity index is 1270. The molecule has 0 spiro atoms. The van der Waals surface area contributed by atoms with Crippen LogP contribution < -0.4 is 0 Å². The summed E-state index contributed by atoms with van der Waals surface area (Å²) in [6.45, 7) is 4.93. The van der Waals surface area contributed by atoms with E-state index in [9.17, 15) is 23.1 Å². The Balaban J connectivity index is 1.89. The van der Waals surface area contributed by atoms with Crippen molar-refractivity contribution in [3.63, 3.8) is 0 Å². The number of carbonyl (C=O) groups excluding carboxylic acids is 1. The van der Waals surface area contributed by atoms with E-state index < -0.39 is 57.2 Å². The number of aliphatic carboxylic acids is 1. The highest BCUT2D eigenvalue weighted by Gasteiger charge is 2.52. The Morgan fingerprint density at radius 3 is 2.27 bits per heavy atom. The van der Waals surface area contributed by atoms with E-state index in [1.54, 1.807) is 68.1 Å². The van der Waals surface area contributed by atoms with Crippen LogP contribution in [0, 0.1) is 5.92 Å². The van der Waals surface area contributed by atoms with Crippen LogP contribution in [0.25, 0.3) is 0 Å². The molecule has 0 bridgehead atoms. The van der Waals surface area contributed by atoms with E-state index in [2.05, 4.69) is 0 Å². The van der Waals surface area contributed by atoms with Gasteiger partial charge in [0.25, 0.3) is 5.91 Å². The first-order valence-electron chi connectivity index (χ1n) is 12.2. The minimum absolute atomic E-state index is 0.0144. The Labute approximate surface area is 227 Å². The van der Waals surface area contributed by atoms with Gasteiger partial charge in [0.2, 0.25) is 0 Å². The predicted octanol–water partition coefficient (Wildman–Crippen LogP) is 5.47. The Morgan fingerprint density at radius 1 is 1.08 bits per heavy atom. The van der Waals surface area contributed by atoms with E-state index in [-0.39, 0.29) is 11.7 Å². The minimum atomic E-state index is -3.61. The van der Waals surface area contributed by atoms with E-state index in [0.717, 1.165) is 12.8 Å². The van der Waals surface area contributed by atoms with Crippen molar-refractivity contribution in [2.45, 2.75) is 69.1 Å². The molecule has 1 aliphatic carbocycles. The Morgan fingerprint density at radius 2 is 1.73 bits per heavy atom. The van der Waals surface area contributed by atoms with Crippen LogP contribution >= 0.6 is 23.2 Å². The molecule has 1 aliphatic heterocycles. The third-order valence-corrected chi connectivity index (χ3v) is 10.2. The first-order valence-corrected chi connectivity index (χ1v) is 14.6. The molecule has 1 unspecified atom stereocenters. The van der Waals surface area contributed by atoms with Crippen LogP contribution in [0.2, 0.25) is 10.0 Å². The zero-order valence-electron chi connectivity index (χ0n) is 20.9. The molecule has 0 aromatic heterocycles. The first-order chi connectivity index (χ1) is 17.3. The second kappa shape index (κ2) is 10.6. The summed E-state index contributed by atoms with van der Waals surface area (Å²) in [7, 11) is -3.61. The molecule has 1 saturated carbocycles. The van der Waals surface area contributed by atoms with Gasteiger partial charge in [-0.05, 0) is 74.9 Å². The summed E-state index contributed by atoms with van der Waals surface area (Å²) in [4.78, 5) is 27.2. The van der Waals surface area contributed by atoms with Gasteiger partial charge in [0.05, 0.1) is 23.0 Å². The number of hydrogen-bond acceptors (Lipinski definition) is 5. The first kappa shape index (κ1) is 27.9. The normalized spacial score (nSPS) is 23.6. The molecular formula is C27H31Cl2NO6S. The highest BCUT2D eigenvalue weighted by molar-refractivity contribution is 7.92. The van der Waals surface area contributed by atoms with Gasteiger partial charge in [0.15, 0.2) is 9.84 Å². The van der Waals surface area contributed by atoms with E-state index in [4.69, 9.17) is 27.9 Å². The molecule has 200 valence electrons. The molecule has 2 fully saturated rings. The minimum Gasteiger partial charge on any atom is -0.481 e. The maximum absolute atomic E-state index is 14.0. The van der Waals surface area contributed by atoms with Gasteiger partial charge >= 0.3 is 5.97 Å². The topological polar surface area (TPSA) is 101 Å². The summed E-state index contributed by atoms with van der Waals surface area (Å²) >= 11 is 12.5. The van der Waals surface area contributed by atoms with Crippen LogP contribution in [0.3, 0.4) is 0 Å². The summed E-state index contributed by atoms with van der Waals surface area (Å²) in [5, 5.41) is 10.5. The van der Waals surface area contributed by atoms with Crippen LogP contribution in [0.15, 0.2) is 48.5 Å². The molecule has 4 atom stereocenters. The fourth-order valence-electron chi connectivity index (χ4n) is 4.76. The highest BCUT2D eigenvalue weighted by atomic mass is 35.5. The number of ether oxygens (including phenoxy) is 1. The number of carbonyl (C=O) groups is 2. The summed E-state index contributed by atoms with van der Waals surface area (Å²) in [6, 6.07) is 12.6. The van der Waals surface area contributed by atoms with Gasteiger partial charge in [-0.25, -0.2) is 8.42 Å². The second-order valence-electron chi connectivity index (χ2n) is 10.7. The third-order valence-electron chi connectivity index (χ3n) is 7.02. The van der Waals surface area contributed by atoms with Crippen LogP contribution in [0.1, 0.15) is 63.3 Å². The lowest BCUT2D eigenvalue weighted by molar-refractivity contribution is -0.183. The maximum atomic E-state index is 14.0. The van der Waals surface area contributed by atoms with E-state index >= 15 is 0 Å². The molecular weight excluding hydrogens is 537 g/mol. The van der Waals surface area contributed by atoms with Crippen LogP contribution in [-0.2, 0) is 24.2 Å². The number of carboxylic acid groups (broad SMARTS) is 1. The van der Waals surface area contributed by atoms with Crippen molar-refractivity contribution >= 4 is 44.9 Å². The lowest BCUT2D eigenvalue weighted by Gasteiger charge is -2.48. The number of nitrogens with zero attached hydrogens (tertiary/aromatic N) is 1. The average molecular weight is 569 g/mol. The zero-order valence-corrected chi connectivity index (χ0v) is 23.3. The van der Waals surface area contributed by atoms with Crippen molar-refractivity contribution in [2.75, 3.05) is 5.75 Å². The van der Waals surface area contributed by atoms with Crippen molar-refractivity contribution in [2.24, 2.45) is 5.92 Å². The molecule has 2 aromatic carbocycles. The molecule has 1 saturated heterocycles. The Kier molecular flexibility index (Phi) is 7.96. The van der Waals surface area contributed by atoms with Crippen molar-refractivity contribution in [3.8, 4) is 0 Å². The number of rotatable bonds is 8. The molecule has 2 aliphatic rings. The van der Waals surface area contributed by atoms with Gasteiger partial charge in [-0.3, -0.25) is 9.59 Å². The summed E-state index contributed by atoms with van der Waals surface area (Å²) < 4.78 is 32.0. The number of sulfone groups is 1. The SMILES string of the molecule is CC(C)(C)S(=O)(=O)C[C@H](C1CC1)N1C(=O)[C@H](CC(=O)O)O[C@H](c2cccc(Cl)c2)C1c1ccc(Cl)cc1. The molecule has 0 radical (unpaired) electrons. The fraction of sp³-hybridized carbons (Fsp3) is 0.481. The third kappa shape index (κ3) is 6.14. The van der Waals surface area contributed by atoms with Crippen molar-refractivity contribution in [1.82, 2.24) is 4.90 Å². The van der Waals surface area contributed by atoms with Gasteiger partial charge in [-0.15, -0.1) is 0 Å². The standard InChI is InChI=1S/C27H31Cl2NO6S/c1-27(2,3)37(34,35)15-21(16-7-8-16)30-24(17-9-11-19(28)12-10-17)25(18-5-4-6-20(29)13-18)36-22(26(30)33)14-23(31)32/h4-6,9-13,16,21-22,24-25H,7-8,14-15H2,1-3H3,(H,31,32)/t21-,22+,24?,25-/m1/s1. The van der Waals surface area contributed by atoms with Gasteiger partial charge < -0.3 is 14.7 Å². The lowest BCUT2D eigenvalue weighted by atomic mass is 9.89. The van der Waals surface area contributed by atoms with Crippen LogP contribution in [-0.4, -0.2) is 52.9 Å². The molecule has 1 amide bonds. The average Bonchev–Trinajstić information content (AvgIpc) is 3.64. The number of carboxylic acids is 1. The second-order valence-corrected chi connectivity index (χ2v) is 14.4. The van der Waals surface area contributed by atoms with E-state index in [1.165, 1.54) is 0 Å². The maximum Gasteiger partial charge on any atom is 0.306 e. The van der Waals surface area contributed by atoms with Crippen LogP contribution in [0.5, 0.6) is 0 Å². The monoisotopic (exact) mass is 567 g/mol. The van der Waals surface area contributed by atoms with Crippen molar-refractivity contribution in [3.05, 3.63) is 69.7 Å². The van der Waals surface area contributed by atoms with Crippen LogP contribution in [0.4, 0.5) is 0 Å². The zero-order chi connectivity index (χ0) is 27.1. The van der Waals surface area contributed by atoms with Gasteiger partial charge in [-0.2, -0.15) is 0 Å². The lowest BCUT2D eigenvalue weighted by Crippen LogP contribution is -2.58. The number of benzene rings is 2. The van der Waals surface area contributed by atoms with E-state index in [1.807, 2.05) is 6.07 Å². The van der Waals surface area contributed by atoms with Gasteiger partial charge in [0.1, 0.15) is 12.2 Å². The quantitative estimate of drug-likeness (QED) is 0.453. The van der Waals surface area contributed by atoms with E-state index in [0.29, 0.717) is 21.2 Å². The Hall–Kier alpha value is -2.13. The highest BCUT2D eigenvalue weighted by Crippen LogP contribution is 2.48. The van der Waals surface area contributed by atoms with Gasteiger partial charge in [0, 0.05) is 16.1 Å². The number of morpholine rings is 1. The summed E-state index contributed by atoms with van der Waals surface area (Å²) in [5.74, 6) is -1.95.